The van der Waals surface area contributed by atoms with Gasteiger partial charge in [-0.3, -0.25) is 0 Å². The van der Waals surface area contributed by atoms with Gasteiger partial charge in [0.1, 0.15) is 0 Å². The number of hydrogen-bond acceptors (Lipinski definition) is 4. The lowest BCUT2D eigenvalue weighted by Gasteiger charge is -2.43. The summed E-state index contributed by atoms with van der Waals surface area (Å²) in [5.41, 5.74) is 3.50. The molecule has 4 nitrogen and oxygen atoms in total. The standard InChI is InChI=1S/C46H34O4/c1-7-43(47-3)35-21-11-15-25-39(35)45(49-5,40-26-16-12-22-36(40)43)31-29-33-19-9-10-20-34(33)30-32-46(50-6)41-27-17-13-23-37(41)44(8-2,48-4)38-24-14-18-28-42(38)46/h1-2,9-28H,3-6H3. The Hall–Kier alpha value is -5.82. The number of methoxy groups -OCH3 is 4. The Kier molecular flexibility index (Phi) is 8.22. The summed E-state index contributed by atoms with van der Waals surface area (Å²) in [7, 11) is 6.59. The SMILES string of the molecule is C#CC1(OC)c2ccccc2C(C#Cc2ccccc2C#CC2(OC)c3ccccc3C(C#C)(OC)c3ccccc32)(OC)c2ccccc21. The van der Waals surface area contributed by atoms with Crippen LogP contribution in [0.3, 0.4) is 0 Å². The second-order valence-corrected chi connectivity index (χ2v) is 12.1. The molecular weight excluding hydrogens is 617 g/mol. The van der Waals surface area contributed by atoms with Crippen LogP contribution in [-0.2, 0) is 41.4 Å². The zero-order valence-electron chi connectivity index (χ0n) is 28.3. The van der Waals surface area contributed by atoms with Crippen molar-refractivity contribution in [2.24, 2.45) is 0 Å². The van der Waals surface area contributed by atoms with Crippen molar-refractivity contribution < 1.29 is 18.9 Å². The highest BCUT2D eigenvalue weighted by Crippen LogP contribution is 2.52. The summed E-state index contributed by atoms with van der Waals surface area (Å²) in [6, 6.07) is 39.3. The largest absolute Gasteiger partial charge is 0.357 e. The van der Waals surface area contributed by atoms with E-state index in [-0.39, 0.29) is 0 Å². The molecule has 0 saturated heterocycles. The van der Waals surface area contributed by atoms with Crippen molar-refractivity contribution in [2.75, 3.05) is 28.4 Å². The highest BCUT2D eigenvalue weighted by Gasteiger charge is 2.51. The molecule has 7 rings (SSSR count). The fourth-order valence-electron chi connectivity index (χ4n) is 7.66. The molecule has 0 spiro atoms. The molecular formula is C46H34O4. The zero-order valence-corrected chi connectivity index (χ0v) is 28.3. The lowest BCUT2D eigenvalue weighted by molar-refractivity contribution is 0.0330. The lowest BCUT2D eigenvalue weighted by atomic mass is 9.67. The van der Waals surface area contributed by atoms with Crippen LogP contribution in [0.2, 0.25) is 0 Å². The minimum absolute atomic E-state index is 0.727. The minimum Gasteiger partial charge on any atom is -0.357 e. The van der Waals surface area contributed by atoms with Crippen LogP contribution in [0.25, 0.3) is 0 Å². The fraction of sp³-hybridized carbons (Fsp3) is 0.174. The molecule has 0 fully saturated rings. The van der Waals surface area contributed by atoms with Crippen molar-refractivity contribution in [1.29, 1.82) is 0 Å². The molecule has 0 aliphatic heterocycles. The van der Waals surface area contributed by atoms with Gasteiger partial charge in [-0.1, -0.05) is 145 Å². The molecule has 4 heteroatoms. The Labute approximate surface area is 294 Å². The quantitative estimate of drug-likeness (QED) is 0.192. The van der Waals surface area contributed by atoms with Gasteiger partial charge in [-0.15, -0.1) is 12.8 Å². The van der Waals surface area contributed by atoms with Gasteiger partial charge in [-0.25, -0.2) is 0 Å². The predicted octanol–water partition coefficient (Wildman–Crippen LogP) is 7.24. The van der Waals surface area contributed by atoms with E-state index in [0.717, 1.165) is 55.6 Å². The summed E-state index contributed by atoms with van der Waals surface area (Å²) in [6.45, 7) is 0. The maximum Gasteiger partial charge on any atom is 0.180 e. The smallest absolute Gasteiger partial charge is 0.180 e. The van der Waals surface area contributed by atoms with E-state index in [0.29, 0.717) is 0 Å². The third-order valence-corrected chi connectivity index (χ3v) is 10.0. The van der Waals surface area contributed by atoms with Crippen LogP contribution in [-0.4, -0.2) is 28.4 Å². The van der Waals surface area contributed by atoms with Gasteiger partial charge >= 0.3 is 0 Å². The van der Waals surface area contributed by atoms with Gasteiger partial charge in [-0.2, -0.15) is 0 Å². The van der Waals surface area contributed by atoms with Crippen LogP contribution in [0, 0.1) is 48.4 Å². The molecule has 5 aromatic carbocycles. The molecule has 0 aromatic heterocycles. The lowest BCUT2D eigenvalue weighted by Crippen LogP contribution is -2.43. The molecule has 2 aliphatic carbocycles. The van der Waals surface area contributed by atoms with Crippen LogP contribution in [0.5, 0.6) is 0 Å². The van der Waals surface area contributed by atoms with Crippen molar-refractivity contribution in [3.8, 4) is 48.4 Å². The number of rotatable bonds is 4. The molecule has 242 valence electrons. The Balaban J connectivity index is 1.42. The molecule has 5 aromatic rings. The van der Waals surface area contributed by atoms with Gasteiger partial charge in [0.05, 0.1) is 0 Å². The van der Waals surface area contributed by atoms with E-state index in [1.54, 1.807) is 28.4 Å². The molecule has 0 heterocycles. The fourth-order valence-corrected chi connectivity index (χ4v) is 7.66. The third-order valence-electron chi connectivity index (χ3n) is 10.0. The van der Waals surface area contributed by atoms with Crippen molar-refractivity contribution in [1.82, 2.24) is 0 Å². The molecule has 0 saturated carbocycles. The summed E-state index contributed by atoms with van der Waals surface area (Å²) in [5.74, 6) is 19.8. The average molecular weight is 651 g/mol. The van der Waals surface area contributed by atoms with Gasteiger partial charge in [-0.05, 0) is 12.1 Å². The van der Waals surface area contributed by atoms with Crippen LogP contribution in [0.4, 0.5) is 0 Å². The Morgan fingerprint density at radius 1 is 0.360 bits per heavy atom. The number of fused-ring (bicyclic) bond motifs is 4. The van der Waals surface area contributed by atoms with Gasteiger partial charge in [0.25, 0.3) is 0 Å². The van der Waals surface area contributed by atoms with E-state index >= 15 is 0 Å². The normalized spacial score (nSPS) is 23.9. The van der Waals surface area contributed by atoms with Crippen molar-refractivity contribution in [3.63, 3.8) is 0 Å². The van der Waals surface area contributed by atoms with Gasteiger partial charge < -0.3 is 18.9 Å². The van der Waals surface area contributed by atoms with Crippen LogP contribution < -0.4 is 0 Å². The first-order chi connectivity index (χ1) is 24.4. The highest BCUT2D eigenvalue weighted by molar-refractivity contribution is 5.67. The third kappa shape index (κ3) is 4.42. The Morgan fingerprint density at radius 2 is 0.580 bits per heavy atom. The van der Waals surface area contributed by atoms with Crippen LogP contribution in [0.1, 0.15) is 55.6 Å². The molecule has 0 amide bonds. The van der Waals surface area contributed by atoms with Crippen molar-refractivity contribution >= 4 is 0 Å². The number of hydrogen-bond donors (Lipinski definition) is 0. The highest BCUT2D eigenvalue weighted by atomic mass is 16.5. The topological polar surface area (TPSA) is 36.9 Å². The van der Waals surface area contributed by atoms with E-state index in [4.69, 9.17) is 31.8 Å². The number of ether oxygens (including phenoxy) is 4. The van der Waals surface area contributed by atoms with Crippen LogP contribution in [0.15, 0.2) is 121 Å². The summed E-state index contributed by atoms with van der Waals surface area (Å²) in [5, 5.41) is 0. The molecule has 0 unspecified atom stereocenters. The minimum atomic E-state index is -1.14. The zero-order chi connectivity index (χ0) is 35.0. The Bertz CT molecular complexity index is 2080. The maximum atomic E-state index is 6.40. The monoisotopic (exact) mass is 650 g/mol. The van der Waals surface area contributed by atoms with E-state index in [1.807, 2.05) is 121 Å². The first kappa shape index (κ1) is 32.7. The molecule has 2 aliphatic rings. The molecule has 0 atom stereocenters. The van der Waals surface area contributed by atoms with E-state index in [2.05, 4.69) is 35.5 Å². The number of benzene rings is 5. The Morgan fingerprint density at radius 3 is 0.800 bits per heavy atom. The second kappa shape index (κ2) is 12.6. The first-order valence-corrected chi connectivity index (χ1v) is 16.2. The maximum absolute atomic E-state index is 6.40. The number of terminal acetylenes is 2. The summed E-state index contributed by atoms with van der Waals surface area (Å²) < 4.78 is 25.0. The summed E-state index contributed by atoms with van der Waals surface area (Å²) >= 11 is 0. The second-order valence-electron chi connectivity index (χ2n) is 12.1. The van der Waals surface area contributed by atoms with E-state index < -0.39 is 22.4 Å². The predicted molar refractivity (Wildman–Crippen MR) is 195 cm³/mol. The molecule has 0 bridgehead atoms. The van der Waals surface area contributed by atoms with E-state index in [1.165, 1.54) is 0 Å². The molecule has 0 N–H and O–H groups in total. The van der Waals surface area contributed by atoms with Crippen molar-refractivity contribution in [3.05, 3.63) is 177 Å². The van der Waals surface area contributed by atoms with Crippen LogP contribution >= 0.6 is 0 Å². The first-order valence-electron chi connectivity index (χ1n) is 16.2. The average Bonchev–Trinajstić information content (AvgIpc) is 3.19. The van der Waals surface area contributed by atoms with Crippen molar-refractivity contribution in [2.45, 2.75) is 22.4 Å². The summed E-state index contributed by atoms with van der Waals surface area (Å²) in [6.07, 6.45) is 12.4. The van der Waals surface area contributed by atoms with Gasteiger partial charge in [0.15, 0.2) is 22.4 Å². The molecule has 0 radical (unpaired) electrons. The summed E-state index contributed by atoms with van der Waals surface area (Å²) in [4.78, 5) is 0. The van der Waals surface area contributed by atoms with Gasteiger partial charge in [0, 0.05) is 84.1 Å². The van der Waals surface area contributed by atoms with E-state index in [9.17, 15) is 0 Å². The van der Waals surface area contributed by atoms with Gasteiger partial charge in [0.2, 0.25) is 0 Å². The molecule has 50 heavy (non-hydrogen) atoms.